The normalized spacial score (nSPS) is 19.7. The fourth-order valence-electron chi connectivity index (χ4n) is 3.21. The molecule has 2 aromatic carbocycles. The fourth-order valence-corrected chi connectivity index (χ4v) is 4.48. The van der Waals surface area contributed by atoms with Crippen molar-refractivity contribution in [1.82, 2.24) is 4.90 Å². The van der Waals surface area contributed by atoms with Crippen LogP contribution >= 0.6 is 11.8 Å². The van der Waals surface area contributed by atoms with Crippen molar-refractivity contribution in [2.45, 2.75) is 22.7 Å². The largest absolute Gasteiger partial charge is 0.497 e. The highest BCUT2D eigenvalue weighted by Crippen LogP contribution is 2.45. The second-order valence-electron chi connectivity index (χ2n) is 6.87. The molecule has 1 amide bonds. The van der Waals surface area contributed by atoms with E-state index in [1.54, 1.807) is 12.0 Å². The van der Waals surface area contributed by atoms with Gasteiger partial charge in [-0.2, -0.15) is 0 Å². The number of methoxy groups -OCH3 is 1. The highest BCUT2D eigenvalue weighted by Gasteiger charge is 2.37. The van der Waals surface area contributed by atoms with E-state index in [4.69, 9.17) is 4.74 Å². The van der Waals surface area contributed by atoms with Crippen LogP contribution < -0.4 is 9.64 Å². The van der Waals surface area contributed by atoms with Crippen molar-refractivity contribution in [1.29, 1.82) is 0 Å². The Bertz CT molecular complexity index is 779. The van der Waals surface area contributed by atoms with Gasteiger partial charge in [0.05, 0.1) is 18.0 Å². The molecule has 0 bridgehead atoms. The van der Waals surface area contributed by atoms with E-state index in [2.05, 4.69) is 4.90 Å². The molecule has 5 nitrogen and oxygen atoms in total. The van der Waals surface area contributed by atoms with Crippen LogP contribution in [0, 0.1) is 0 Å². The molecule has 6 heteroatoms. The molecule has 1 N–H and O–H groups in total. The van der Waals surface area contributed by atoms with E-state index in [0.717, 1.165) is 34.9 Å². The highest BCUT2D eigenvalue weighted by atomic mass is 32.2. The van der Waals surface area contributed by atoms with Gasteiger partial charge in [-0.05, 0) is 56.9 Å². The van der Waals surface area contributed by atoms with Gasteiger partial charge < -0.3 is 19.6 Å². The maximum Gasteiger partial charge on any atom is 0.257 e. The fraction of sp³-hybridized carbons (Fsp3) is 0.381. The second kappa shape index (κ2) is 8.78. The summed E-state index contributed by atoms with van der Waals surface area (Å²) in [5.74, 6) is 0.510. The first-order valence-corrected chi connectivity index (χ1v) is 9.93. The lowest BCUT2D eigenvalue weighted by Gasteiger charge is -2.25. The molecule has 2 aromatic rings. The minimum atomic E-state index is -1.10. The van der Waals surface area contributed by atoms with Crippen molar-refractivity contribution in [3.63, 3.8) is 0 Å². The highest BCUT2D eigenvalue weighted by molar-refractivity contribution is 7.99. The molecule has 0 saturated heterocycles. The molecule has 27 heavy (non-hydrogen) atoms. The van der Waals surface area contributed by atoms with Gasteiger partial charge in [-0.3, -0.25) is 4.79 Å². The van der Waals surface area contributed by atoms with E-state index in [0.29, 0.717) is 6.54 Å². The molecular weight excluding hydrogens is 360 g/mol. The Morgan fingerprint density at radius 1 is 1.15 bits per heavy atom. The van der Waals surface area contributed by atoms with E-state index in [-0.39, 0.29) is 11.2 Å². The number of rotatable bonds is 6. The Hall–Kier alpha value is -2.02. The molecule has 1 aliphatic heterocycles. The standard InChI is InChI=1S/C21H26N2O3S/c1-22(2)13-6-14-23-17-7-4-5-8-18(17)27-20(19(24)21(23)25)15-9-11-16(26-3)12-10-15/h4-5,7-12,19-20,24H,6,13-14H2,1-3H3. The first-order chi connectivity index (χ1) is 13.0. The predicted octanol–water partition coefficient (Wildman–Crippen LogP) is 3.19. The van der Waals surface area contributed by atoms with Crippen LogP contribution in [0.1, 0.15) is 17.2 Å². The third kappa shape index (κ3) is 4.46. The number of hydrogen-bond acceptors (Lipinski definition) is 5. The monoisotopic (exact) mass is 386 g/mol. The maximum atomic E-state index is 13.1. The minimum Gasteiger partial charge on any atom is -0.497 e. The topological polar surface area (TPSA) is 53.0 Å². The van der Waals surface area contributed by atoms with Crippen LogP contribution in [0.5, 0.6) is 5.75 Å². The molecule has 1 aliphatic rings. The Kier molecular flexibility index (Phi) is 6.42. The average molecular weight is 387 g/mol. The van der Waals surface area contributed by atoms with Crippen molar-refractivity contribution >= 4 is 23.4 Å². The Balaban J connectivity index is 1.92. The zero-order chi connectivity index (χ0) is 19.4. The summed E-state index contributed by atoms with van der Waals surface area (Å²) in [7, 11) is 5.65. The molecule has 3 rings (SSSR count). The second-order valence-corrected chi connectivity index (χ2v) is 8.05. The summed E-state index contributed by atoms with van der Waals surface area (Å²) in [6.45, 7) is 1.47. The molecule has 0 spiro atoms. The van der Waals surface area contributed by atoms with Crippen molar-refractivity contribution in [2.24, 2.45) is 0 Å². The van der Waals surface area contributed by atoms with Gasteiger partial charge in [0.25, 0.3) is 5.91 Å². The number of para-hydroxylation sites is 1. The van der Waals surface area contributed by atoms with Gasteiger partial charge in [-0.15, -0.1) is 11.8 Å². The summed E-state index contributed by atoms with van der Waals surface area (Å²) in [4.78, 5) is 18.0. The van der Waals surface area contributed by atoms with Gasteiger partial charge in [0.15, 0.2) is 0 Å². The third-order valence-corrected chi connectivity index (χ3v) is 6.03. The van der Waals surface area contributed by atoms with Crippen molar-refractivity contribution in [3.8, 4) is 5.75 Å². The molecule has 0 aromatic heterocycles. The van der Waals surface area contributed by atoms with Crippen LogP contribution in [0.25, 0.3) is 0 Å². The molecular formula is C21H26N2O3S. The molecule has 0 radical (unpaired) electrons. The van der Waals surface area contributed by atoms with E-state index in [9.17, 15) is 9.90 Å². The molecule has 2 atom stereocenters. The van der Waals surface area contributed by atoms with Crippen molar-refractivity contribution < 1.29 is 14.6 Å². The van der Waals surface area contributed by atoms with Crippen molar-refractivity contribution in [2.75, 3.05) is 39.2 Å². The molecule has 2 unspecified atom stereocenters. The van der Waals surface area contributed by atoms with Crippen LogP contribution in [-0.2, 0) is 4.79 Å². The summed E-state index contributed by atoms with van der Waals surface area (Å²) < 4.78 is 5.22. The van der Waals surface area contributed by atoms with Gasteiger partial charge >= 0.3 is 0 Å². The maximum absolute atomic E-state index is 13.1. The van der Waals surface area contributed by atoms with Gasteiger partial charge in [0.2, 0.25) is 0 Å². The minimum absolute atomic E-state index is 0.243. The summed E-state index contributed by atoms with van der Waals surface area (Å²) in [6, 6.07) is 15.4. The van der Waals surface area contributed by atoms with Crippen LogP contribution in [0.15, 0.2) is 53.4 Å². The first kappa shape index (κ1) is 19.7. The van der Waals surface area contributed by atoms with Gasteiger partial charge in [0, 0.05) is 11.4 Å². The van der Waals surface area contributed by atoms with E-state index >= 15 is 0 Å². The first-order valence-electron chi connectivity index (χ1n) is 9.05. The zero-order valence-electron chi connectivity index (χ0n) is 16.0. The van der Waals surface area contributed by atoms with E-state index in [1.807, 2.05) is 62.6 Å². The summed E-state index contributed by atoms with van der Waals surface area (Å²) in [5, 5.41) is 10.5. The number of ether oxygens (including phenoxy) is 1. The number of carbonyl (C=O) groups is 1. The molecule has 0 fully saturated rings. The van der Waals surface area contributed by atoms with Gasteiger partial charge in [-0.1, -0.05) is 24.3 Å². The number of aliphatic hydroxyl groups excluding tert-OH is 1. The number of benzene rings is 2. The number of hydrogen-bond donors (Lipinski definition) is 1. The SMILES string of the molecule is COc1ccc(C2Sc3ccccc3N(CCCN(C)C)C(=O)C2O)cc1. The number of anilines is 1. The lowest BCUT2D eigenvalue weighted by atomic mass is 10.1. The van der Waals surface area contributed by atoms with Crippen molar-refractivity contribution in [3.05, 3.63) is 54.1 Å². The zero-order valence-corrected chi connectivity index (χ0v) is 16.8. The molecule has 0 aliphatic carbocycles. The third-order valence-electron chi connectivity index (χ3n) is 4.65. The summed E-state index contributed by atoms with van der Waals surface area (Å²) in [5.41, 5.74) is 1.79. The van der Waals surface area contributed by atoms with Crippen LogP contribution in [0.4, 0.5) is 5.69 Å². The number of aliphatic hydroxyl groups is 1. The molecule has 0 saturated carbocycles. The lowest BCUT2D eigenvalue weighted by molar-refractivity contribution is -0.126. The average Bonchev–Trinajstić information content (AvgIpc) is 2.78. The Labute approximate surface area is 164 Å². The van der Waals surface area contributed by atoms with Crippen LogP contribution in [-0.4, -0.2) is 56.3 Å². The number of fused-ring (bicyclic) bond motifs is 1. The van der Waals surface area contributed by atoms with Crippen LogP contribution in [0.2, 0.25) is 0 Å². The van der Waals surface area contributed by atoms with E-state index in [1.165, 1.54) is 11.8 Å². The Morgan fingerprint density at radius 2 is 1.85 bits per heavy atom. The molecule has 1 heterocycles. The number of nitrogens with zero attached hydrogens (tertiary/aromatic N) is 2. The number of carbonyl (C=O) groups excluding carboxylic acids is 1. The lowest BCUT2D eigenvalue weighted by Crippen LogP contribution is -2.41. The van der Waals surface area contributed by atoms with Gasteiger partial charge in [-0.25, -0.2) is 0 Å². The van der Waals surface area contributed by atoms with E-state index < -0.39 is 6.10 Å². The summed E-state index contributed by atoms with van der Waals surface area (Å²) in [6.07, 6.45) is -0.257. The smallest absolute Gasteiger partial charge is 0.257 e. The molecule has 144 valence electrons. The number of amides is 1. The Morgan fingerprint density at radius 3 is 2.52 bits per heavy atom. The van der Waals surface area contributed by atoms with Crippen LogP contribution in [0.3, 0.4) is 0 Å². The quantitative estimate of drug-likeness (QED) is 0.826. The van der Waals surface area contributed by atoms with Gasteiger partial charge in [0.1, 0.15) is 11.9 Å². The predicted molar refractivity (Wildman–Crippen MR) is 110 cm³/mol. The number of thioether (sulfide) groups is 1. The summed E-state index contributed by atoms with van der Waals surface area (Å²) >= 11 is 1.54.